The lowest BCUT2D eigenvalue weighted by molar-refractivity contribution is 0.480. The summed E-state index contributed by atoms with van der Waals surface area (Å²) in [5, 5.41) is 26.8. The monoisotopic (exact) mass is 555 g/mol. The summed E-state index contributed by atoms with van der Waals surface area (Å²) >= 11 is 0. The largest absolute Gasteiger partial charge is 0.505 e. The molecular formula is C24H21N5O7S2. The Morgan fingerprint density at radius 2 is 1.37 bits per heavy atom. The molecule has 38 heavy (non-hydrogen) atoms. The fraction of sp³-hybridized carbons (Fsp3) is 0.0833. The predicted molar refractivity (Wildman–Crippen MR) is 140 cm³/mol. The van der Waals surface area contributed by atoms with Gasteiger partial charge in [0.2, 0.25) is 0 Å². The fourth-order valence-corrected chi connectivity index (χ4v) is 4.94. The van der Waals surface area contributed by atoms with E-state index in [-0.39, 0.29) is 27.8 Å². The number of hydrogen-bond acceptors (Lipinski definition) is 10. The van der Waals surface area contributed by atoms with E-state index in [1.807, 2.05) is 13.0 Å². The topological polar surface area (TPSA) is 204 Å². The number of phenols is 1. The second-order valence-corrected chi connectivity index (χ2v) is 11.1. The van der Waals surface area contributed by atoms with Gasteiger partial charge >= 0.3 is 0 Å². The maximum Gasteiger partial charge on any atom is 0.296 e. The minimum Gasteiger partial charge on any atom is -0.505 e. The van der Waals surface area contributed by atoms with Crippen molar-refractivity contribution in [1.82, 2.24) is 0 Å². The molecule has 0 bridgehead atoms. The molecule has 0 radical (unpaired) electrons. The van der Waals surface area contributed by atoms with Crippen molar-refractivity contribution in [2.45, 2.75) is 23.6 Å². The number of benzene rings is 4. The Hall–Kier alpha value is -4.24. The number of nitrogens with two attached hydrogens (primary N) is 1. The van der Waals surface area contributed by atoms with Crippen LogP contribution in [0.5, 0.6) is 5.75 Å². The van der Waals surface area contributed by atoms with Gasteiger partial charge in [0, 0.05) is 0 Å². The van der Waals surface area contributed by atoms with Crippen LogP contribution in [0.25, 0.3) is 10.8 Å². The van der Waals surface area contributed by atoms with E-state index in [0.717, 1.165) is 11.6 Å². The molecular weight excluding hydrogens is 534 g/mol. The molecule has 0 heterocycles. The molecule has 0 aliphatic heterocycles. The molecule has 0 aromatic heterocycles. The van der Waals surface area contributed by atoms with Crippen molar-refractivity contribution in [2.75, 3.05) is 5.73 Å². The zero-order valence-electron chi connectivity index (χ0n) is 19.9. The van der Waals surface area contributed by atoms with Gasteiger partial charge in [-0.1, -0.05) is 24.3 Å². The van der Waals surface area contributed by atoms with Crippen LogP contribution in [0.2, 0.25) is 0 Å². The Balaban J connectivity index is 1.90. The zero-order chi connectivity index (χ0) is 27.8. The Bertz CT molecular complexity index is 1870. The van der Waals surface area contributed by atoms with Crippen LogP contribution in [0.15, 0.2) is 90.9 Å². The van der Waals surface area contributed by atoms with Crippen molar-refractivity contribution in [3.05, 3.63) is 71.8 Å². The summed E-state index contributed by atoms with van der Waals surface area (Å²) in [6.07, 6.45) is 0. The minimum atomic E-state index is -4.79. The normalized spacial score (nSPS) is 12.6. The summed E-state index contributed by atoms with van der Waals surface area (Å²) in [4.78, 5) is -1.10. The molecule has 196 valence electrons. The van der Waals surface area contributed by atoms with Gasteiger partial charge in [-0.2, -0.15) is 21.9 Å². The highest BCUT2D eigenvalue weighted by atomic mass is 32.2. The molecule has 4 aromatic rings. The van der Waals surface area contributed by atoms with Gasteiger partial charge < -0.3 is 10.8 Å². The summed E-state index contributed by atoms with van der Waals surface area (Å²) in [6, 6.07) is 14.6. The Morgan fingerprint density at radius 1 is 0.711 bits per heavy atom. The number of fused-ring (bicyclic) bond motifs is 1. The quantitative estimate of drug-likeness (QED) is 0.124. The van der Waals surface area contributed by atoms with Gasteiger partial charge in [0.1, 0.15) is 26.9 Å². The van der Waals surface area contributed by atoms with E-state index in [9.17, 15) is 31.0 Å². The summed E-state index contributed by atoms with van der Waals surface area (Å²) in [5.41, 5.74) is 7.09. The smallest absolute Gasteiger partial charge is 0.296 e. The first-order chi connectivity index (χ1) is 17.8. The summed E-state index contributed by atoms with van der Waals surface area (Å²) in [6.45, 7) is 3.51. The lowest BCUT2D eigenvalue weighted by Crippen LogP contribution is -2.01. The van der Waals surface area contributed by atoms with Crippen molar-refractivity contribution in [2.24, 2.45) is 20.5 Å². The molecule has 5 N–H and O–H groups in total. The van der Waals surface area contributed by atoms with Gasteiger partial charge in [0.05, 0.1) is 16.8 Å². The molecule has 12 nitrogen and oxygen atoms in total. The maximum absolute atomic E-state index is 12.1. The van der Waals surface area contributed by atoms with Crippen molar-refractivity contribution >= 4 is 59.4 Å². The number of nitrogen functional groups attached to an aromatic ring is 1. The Kier molecular flexibility index (Phi) is 6.99. The standard InChI is InChI=1S/C24H21N5O7S2/c1-13-4-3-5-16(10-13)26-29-23-20(38(34,35)36)12-15-7-8-17(24(30)21(15)22(23)25)27-28-18-11-14(2)6-9-19(18)37(31,32)33/h3-12,30H,25H2,1-2H3,(H,31,32,33)(H,34,35,36). The predicted octanol–water partition coefficient (Wildman–Crippen LogP) is 6.07. The molecule has 4 aromatic carbocycles. The second-order valence-electron chi connectivity index (χ2n) is 8.33. The number of nitrogens with zero attached hydrogens (tertiary/aromatic N) is 4. The first kappa shape index (κ1) is 26.8. The molecule has 0 atom stereocenters. The lowest BCUT2D eigenvalue weighted by atomic mass is 10.1. The number of aromatic hydroxyl groups is 1. The zero-order valence-corrected chi connectivity index (χ0v) is 21.6. The first-order valence-corrected chi connectivity index (χ1v) is 13.7. The first-order valence-electron chi connectivity index (χ1n) is 10.8. The van der Waals surface area contributed by atoms with Crippen LogP contribution < -0.4 is 5.73 Å². The van der Waals surface area contributed by atoms with Crippen LogP contribution in [-0.2, 0) is 20.2 Å². The van der Waals surface area contributed by atoms with Crippen molar-refractivity contribution in [1.29, 1.82) is 0 Å². The van der Waals surface area contributed by atoms with Crippen molar-refractivity contribution in [3.63, 3.8) is 0 Å². The number of anilines is 1. The van der Waals surface area contributed by atoms with Crippen LogP contribution >= 0.6 is 0 Å². The number of phenolic OH excluding ortho intramolecular Hbond substituents is 1. The second kappa shape index (κ2) is 9.90. The highest BCUT2D eigenvalue weighted by Gasteiger charge is 2.23. The maximum atomic E-state index is 12.1. The van der Waals surface area contributed by atoms with Gasteiger partial charge in [-0.15, -0.1) is 15.3 Å². The molecule has 0 fully saturated rings. The third-order valence-electron chi connectivity index (χ3n) is 5.44. The average molecular weight is 556 g/mol. The van der Waals surface area contributed by atoms with Crippen LogP contribution in [-0.4, -0.2) is 31.0 Å². The molecule has 0 aliphatic rings. The SMILES string of the molecule is Cc1cccc(N=Nc2c(S(=O)(=O)O)cc3ccc(N=Nc4cc(C)ccc4S(=O)(=O)O)c(O)c3c2N)c1. The van der Waals surface area contributed by atoms with Gasteiger partial charge in [0.25, 0.3) is 20.2 Å². The highest BCUT2D eigenvalue weighted by molar-refractivity contribution is 7.86. The fourth-order valence-electron chi connectivity index (χ4n) is 3.67. The lowest BCUT2D eigenvalue weighted by Gasteiger charge is -2.12. The number of hydrogen-bond donors (Lipinski definition) is 4. The molecule has 0 saturated carbocycles. The van der Waals surface area contributed by atoms with E-state index in [1.165, 1.54) is 30.3 Å². The summed E-state index contributed by atoms with van der Waals surface area (Å²) < 4.78 is 66.9. The van der Waals surface area contributed by atoms with E-state index < -0.39 is 41.5 Å². The molecule has 14 heteroatoms. The molecule has 0 spiro atoms. The molecule has 0 aliphatic carbocycles. The van der Waals surface area contributed by atoms with E-state index >= 15 is 0 Å². The number of azo groups is 2. The number of rotatable bonds is 6. The van der Waals surface area contributed by atoms with Crippen molar-refractivity contribution in [3.8, 4) is 5.75 Å². The van der Waals surface area contributed by atoms with Gasteiger partial charge in [-0.25, -0.2) is 0 Å². The van der Waals surface area contributed by atoms with E-state index in [0.29, 0.717) is 11.3 Å². The van der Waals surface area contributed by atoms with E-state index in [1.54, 1.807) is 25.1 Å². The van der Waals surface area contributed by atoms with Gasteiger partial charge in [0.15, 0.2) is 5.75 Å². The van der Waals surface area contributed by atoms with E-state index in [4.69, 9.17) is 5.73 Å². The van der Waals surface area contributed by atoms with Gasteiger partial charge in [-0.05, 0) is 66.8 Å². The van der Waals surface area contributed by atoms with Crippen LogP contribution in [0.3, 0.4) is 0 Å². The molecule has 0 unspecified atom stereocenters. The van der Waals surface area contributed by atoms with Crippen LogP contribution in [0.4, 0.5) is 28.4 Å². The summed E-state index contributed by atoms with van der Waals surface area (Å²) in [7, 11) is -9.39. The molecule has 4 rings (SSSR count). The number of aryl methyl sites for hydroxylation is 2. The Labute approximate surface area is 217 Å². The highest BCUT2D eigenvalue weighted by Crippen LogP contribution is 2.45. The van der Waals surface area contributed by atoms with Gasteiger partial charge in [-0.3, -0.25) is 9.11 Å². The minimum absolute atomic E-state index is 0.0497. The third kappa shape index (κ3) is 5.52. The molecule has 0 saturated heterocycles. The summed E-state index contributed by atoms with van der Waals surface area (Å²) in [5.74, 6) is -0.515. The van der Waals surface area contributed by atoms with E-state index in [2.05, 4.69) is 20.5 Å². The average Bonchev–Trinajstić information content (AvgIpc) is 2.81. The third-order valence-corrected chi connectivity index (χ3v) is 7.20. The van der Waals surface area contributed by atoms with Crippen molar-refractivity contribution < 1.29 is 31.0 Å². The molecule has 0 amide bonds. The van der Waals surface area contributed by atoms with Crippen LogP contribution in [0.1, 0.15) is 11.1 Å². The Morgan fingerprint density at radius 3 is 2.03 bits per heavy atom. The van der Waals surface area contributed by atoms with Crippen LogP contribution in [0, 0.1) is 13.8 Å².